The molecular formula is C22H34. The van der Waals surface area contributed by atoms with Gasteiger partial charge in [-0.2, -0.15) is 0 Å². The summed E-state index contributed by atoms with van der Waals surface area (Å²) in [5.74, 6) is 2.27. The largest absolute Gasteiger partial charge is 0.0859 e. The Morgan fingerprint density at radius 1 is 1.18 bits per heavy atom. The van der Waals surface area contributed by atoms with Crippen LogP contribution >= 0.6 is 0 Å². The Kier molecular flexibility index (Phi) is 5.53. The van der Waals surface area contributed by atoms with Crippen LogP contribution in [0.25, 0.3) is 0 Å². The molecule has 0 fully saturated rings. The predicted octanol–water partition coefficient (Wildman–Crippen LogP) is 6.98. The second-order valence-corrected chi connectivity index (χ2v) is 7.87. The van der Waals surface area contributed by atoms with E-state index in [2.05, 4.69) is 60.6 Å². The van der Waals surface area contributed by atoms with Crippen molar-refractivity contribution in [3.8, 4) is 0 Å². The number of aryl methyl sites for hydroxylation is 1. The Hall–Kier alpha value is -1.04. The van der Waals surface area contributed by atoms with E-state index in [9.17, 15) is 0 Å². The predicted molar refractivity (Wildman–Crippen MR) is 98.9 cm³/mol. The van der Waals surface area contributed by atoms with Gasteiger partial charge < -0.3 is 0 Å². The molecule has 0 radical (unpaired) electrons. The van der Waals surface area contributed by atoms with Gasteiger partial charge in [-0.15, -0.1) is 0 Å². The van der Waals surface area contributed by atoms with Gasteiger partial charge in [-0.25, -0.2) is 0 Å². The van der Waals surface area contributed by atoms with E-state index in [4.69, 9.17) is 0 Å². The van der Waals surface area contributed by atoms with Gasteiger partial charge in [0.05, 0.1) is 0 Å². The summed E-state index contributed by atoms with van der Waals surface area (Å²) in [5, 5.41) is 0. The first-order valence-corrected chi connectivity index (χ1v) is 9.06. The summed E-state index contributed by atoms with van der Waals surface area (Å²) in [6, 6.07) is 2.51. The standard InChI is InChI=1S/C22H34/c1-14(2)9-8-10-15(3)20-12-11-16(4)22-19(7)18(6)17(5)13-21(20)22/h9,13,15-16,20H,8,10-12H2,1-7H3. The fraction of sp³-hybridized carbons (Fsp3) is 0.636. The molecule has 0 spiro atoms. The van der Waals surface area contributed by atoms with E-state index in [1.807, 2.05) is 0 Å². The lowest BCUT2D eigenvalue weighted by Gasteiger charge is -2.36. The van der Waals surface area contributed by atoms with Crippen LogP contribution in [-0.2, 0) is 0 Å². The SMILES string of the molecule is CC(C)=CCCC(C)C1CCC(C)c2c1cc(C)c(C)c2C. The maximum atomic E-state index is 2.51. The summed E-state index contributed by atoms with van der Waals surface area (Å²) in [6.07, 6.45) is 7.67. The number of hydrogen-bond donors (Lipinski definition) is 0. The van der Waals surface area contributed by atoms with Crippen molar-refractivity contribution in [1.82, 2.24) is 0 Å². The molecule has 0 N–H and O–H groups in total. The second-order valence-electron chi connectivity index (χ2n) is 7.87. The van der Waals surface area contributed by atoms with Gasteiger partial charge in [0.2, 0.25) is 0 Å². The molecule has 0 saturated carbocycles. The van der Waals surface area contributed by atoms with E-state index in [1.165, 1.54) is 42.4 Å². The van der Waals surface area contributed by atoms with Crippen LogP contribution in [-0.4, -0.2) is 0 Å². The molecule has 122 valence electrons. The first-order valence-electron chi connectivity index (χ1n) is 9.06. The first kappa shape index (κ1) is 17.3. The molecule has 0 amide bonds. The number of allylic oxidation sites excluding steroid dienone is 2. The van der Waals surface area contributed by atoms with Gasteiger partial charge in [-0.05, 0) is 106 Å². The second kappa shape index (κ2) is 7.02. The highest BCUT2D eigenvalue weighted by Gasteiger charge is 2.30. The summed E-state index contributed by atoms with van der Waals surface area (Å²) in [6.45, 7) is 16.2. The van der Waals surface area contributed by atoms with Crippen molar-refractivity contribution in [2.75, 3.05) is 0 Å². The van der Waals surface area contributed by atoms with E-state index in [1.54, 1.807) is 16.7 Å². The minimum absolute atomic E-state index is 0.732. The highest BCUT2D eigenvalue weighted by molar-refractivity contribution is 5.49. The van der Waals surface area contributed by atoms with Crippen LogP contribution < -0.4 is 0 Å². The lowest BCUT2D eigenvalue weighted by molar-refractivity contribution is 0.369. The molecule has 0 heterocycles. The Morgan fingerprint density at radius 2 is 1.86 bits per heavy atom. The number of hydrogen-bond acceptors (Lipinski definition) is 0. The summed E-state index contributed by atoms with van der Waals surface area (Å²) in [4.78, 5) is 0. The average molecular weight is 299 g/mol. The molecule has 0 bridgehead atoms. The van der Waals surface area contributed by atoms with Gasteiger partial charge in [0, 0.05) is 0 Å². The molecule has 1 aliphatic rings. The smallest absolute Gasteiger partial charge is 0.0133 e. The zero-order valence-corrected chi connectivity index (χ0v) is 15.7. The van der Waals surface area contributed by atoms with Gasteiger partial charge >= 0.3 is 0 Å². The topological polar surface area (TPSA) is 0 Å². The monoisotopic (exact) mass is 298 g/mol. The highest BCUT2D eigenvalue weighted by atomic mass is 14.3. The van der Waals surface area contributed by atoms with Crippen molar-refractivity contribution < 1.29 is 0 Å². The van der Waals surface area contributed by atoms with Crippen LogP contribution in [0.1, 0.15) is 93.0 Å². The third-order valence-corrected chi connectivity index (χ3v) is 5.91. The molecule has 0 heteroatoms. The Morgan fingerprint density at radius 3 is 2.50 bits per heavy atom. The molecule has 3 atom stereocenters. The van der Waals surface area contributed by atoms with Crippen LogP contribution in [0.5, 0.6) is 0 Å². The Balaban J connectivity index is 2.30. The highest BCUT2D eigenvalue weighted by Crippen LogP contribution is 2.45. The maximum absolute atomic E-state index is 2.51. The lowest BCUT2D eigenvalue weighted by Crippen LogP contribution is -2.20. The van der Waals surface area contributed by atoms with Crippen LogP contribution in [0.2, 0.25) is 0 Å². The zero-order chi connectivity index (χ0) is 16.4. The molecule has 0 aliphatic heterocycles. The van der Waals surface area contributed by atoms with E-state index in [-0.39, 0.29) is 0 Å². The normalized spacial score (nSPS) is 22.1. The molecule has 3 unspecified atom stereocenters. The molecule has 22 heavy (non-hydrogen) atoms. The van der Waals surface area contributed by atoms with Gasteiger partial charge in [-0.1, -0.05) is 31.6 Å². The third kappa shape index (κ3) is 3.47. The van der Waals surface area contributed by atoms with E-state index in [0.717, 1.165) is 17.8 Å². The first-order chi connectivity index (χ1) is 10.3. The van der Waals surface area contributed by atoms with Crippen molar-refractivity contribution >= 4 is 0 Å². The molecule has 1 aromatic carbocycles. The quantitative estimate of drug-likeness (QED) is 0.526. The Bertz CT molecular complexity index is 558. The molecule has 1 aliphatic carbocycles. The third-order valence-electron chi connectivity index (χ3n) is 5.91. The van der Waals surface area contributed by atoms with Crippen LogP contribution in [0, 0.1) is 26.7 Å². The summed E-state index contributed by atoms with van der Waals surface area (Å²) in [7, 11) is 0. The average Bonchev–Trinajstić information content (AvgIpc) is 2.44. The van der Waals surface area contributed by atoms with Gasteiger partial charge in [0.15, 0.2) is 0 Å². The molecule has 1 aromatic rings. The summed E-state index contributed by atoms with van der Waals surface area (Å²) < 4.78 is 0. The van der Waals surface area contributed by atoms with Gasteiger partial charge in [0.25, 0.3) is 0 Å². The van der Waals surface area contributed by atoms with E-state index >= 15 is 0 Å². The molecule has 0 aromatic heterocycles. The van der Waals surface area contributed by atoms with Gasteiger partial charge in [0.1, 0.15) is 0 Å². The number of benzene rings is 1. The van der Waals surface area contributed by atoms with E-state index in [0.29, 0.717) is 0 Å². The fourth-order valence-corrected chi connectivity index (χ4v) is 4.25. The maximum Gasteiger partial charge on any atom is -0.0133 e. The molecule has 0 nitrogen and oxygen atoms in total. The van der Waals surface area contributed by atoms with Gasteiger partial charge in [-0.3, -0.25) is 0 Å². The molecule has 0 saturated heterocycles. The number of fused-ring (bicyclic) bond motifs is 1. The Labute approximate surface area is 138 Å². The summed E-state index contributed by atoms with van der Waals surface area (Å²) >= 11 is 0. The van der Waals surface area contributed by atoms with Crippen LogP contribution in [0.15, 0.2) is 17.7 Å². The van der Waals surface area contributed by atoms with E-state index < -0.39 is 0 Å². The van der Waals surface area contributed by atoms with Crippen molar-refractivity contribution in [2.45, 2.75) is 86.0 Å². The van der Waals surface area contributed by atoms with Crippen molar-refractivity contribution in [3.05, 3.63) is 45.5 Å². The van der Waals surface area contributed by atoms with Crippen LogP contribution in [0.3, 0.4) is 0 Å². The fourth-order valence-electron chi connectivity index (χ4n) is 4.25. The lowest BCUT2D eigenvalue weighted by atomic mass is 9.69. The number of rotatable bonds is 4. The minimum atomic E-state index is 0.732. The minimum Gasteiger partial charge on any atom is -0.0859 e. The van der Waals surface area contributed by atoms with Crippen molar-refractivity contribution in [2.24, 2.45) is 5.92 Å². The zero-order valence-electron chi connectivity index (χ0n) is 15.7. The van der Waals surface area contributed by atoms with Crippen molar-refractivity contribution in [1.29, 1.82) is 0 Å². The van der Waals surface area contributed by atoms with Crippen LogP contribution in [0.4, 0.5) is 0 Å². The molecular weight excluding hydrogens is 264 g/mol. The van der Waals surface area contributed by atoms with Crippen molar-refractivity contribution in [3.63, 3.8) is 0 Å². The summed E-state index contributed by atoms with van der Waals surface area (Å²) in [5.41, 5.74) is 9.34. The molecule has 2 rings (SSSR count).